The highest BCUT2D eigenvalue weighted by Crippen LogP contribution is 2.19. The van der Waals surface area contributed by atoms with Crippen molar-refractivity contribution in [3.63, 3.8) is 0 Å². The Morgan fingerprint density at radius 2 is 2.24 bits per heavy atom. The molecule has 0 radical (unpaired) electrons. The summed E-state index contributed by atoms with van der Waals surface area (Å²) in [6.45, 7) is 4.10. The molecule has 0 bridgehead atoms. The number of pyridine rings is 1. The predicted molar refractivity (Wildman–Crippen MR) is 81.4 cm³/mol. The van der Waals surface area contributed by atoms with E-state index in [1.54, 1.807) is 18.6 Å². The molecule has 3 N–H and O–H groups in total. The summed E-state index contributed by atoms with van der Waals surface area (Å²) in [6.07, 6.45) is 6.79. The van der Waals surface area contributed by atoms with Gasteiger partial charge in [0.1, 0.15) is 0 Å². The quantitative estimate of drug-likeness (QED) is 0.642. The molecule has 2 heterocycles. The molecule has 0 aliphatic carbocycles. The summed E-state index contributed by atoms with van der Waals surface area (Å²) in [7, 11) is 0. The predicted octanol–water partition coefficient (Wildman–Crippen LogP) is 1.48. The highest BCUT2D eigenvalue weighted by molar-refractivity contribution is 5.76. The monoisotopic (exact) mass is 287 g/mol. The smallest absolute Gasteiger partial charge is 0.221 e. The molecule has 6 heteroatoms. The molecule has 2 aromatic heterocycles. The number of H-pyrrole nitrogens is 1. The maximum Gasteiger partial charge on any atom is 0.221 e. The minimum Gasteiger partial charge on any atom is -0.356 e. The Hall–Kier alpha value is -2.21. The van der Waals surface area contributed by atoms with Gasteiger partial charge in [-0.15, -0.1) is 0 Å². The fourth-order valence-corrected chi connectivity index (χ4v) is 1.98. The summed E-state index contributed by atoms with van der Waals surface area (Å²) in [5, 5.41) is 13.2. The first-order valence-corrected chi connectivity index (χ1v) is 7.21. The zero-order valence-electron chi connectivity index (χ0n) is 12.2. The molecule has 0 saturated carbocycles. The summed E-state index contributed by atoms with van der Waals surface area (Å²) in [6, 6.07) is 3.88. The van der Waals surface area contributed by atoms with Crippen LogP contribution in [0.25, 0.3) is 11.3 Å². The van der Waals surface area contributed by atoms with Crippen LogP contribution in [0.15, 0.2) is 30.7 Å². The Morgan fingerprint density at radius 1 is 1.33 bits per heavy atom. The van der Waals surface area contributed by atoms with Crippen molar-refractivity contribution >= 4 is 5.91 Å². The number of hydrogen-bond donors (Lipinski definition) is 3. The van der Waals surface area contributed by atoms with Crippen molar-refractivity contribution in [2.75, 3.05) is 13.1 Å². The molecule has 0 unspecified atom stereocenters. The van der Waals surface area contributed by atoms with E-state index in [0.29, 0.717) is 19.5 Å². The molecule has 2 aromatic rings. The van der Waals surface area contributed by atoms with Crippen LogP contribution in [-0.4, -0.2) is 34.2 Å². The maximum atomic E-state index is 11.5. The Labute approximate surface area is 124 Å². The van der Waals surface area contributed by atoms with E-state index >= 15 is 0 Å². The van der Waals surface area contributed by atoms with Gasteiger partial charge in [0.15, 0.2) is 0 Å². The Morgan fingerprint density at radius 3 is 3.00 bits per heavy atom. The van der Waals surface area contributed by atoms with E-state index in [9.17, 15) is 4.79 Å². The highest BCUT2D eigenvalue weighted by atomic mass is 16.1. The van der Waals surface area contributed by atoms with Crippen LogP contribution >= 0.6 is 0 Å². The molecule has 1 amide bonds. The molecular weight excluding hydrogens is 266 g/mol. The van der Waals surface area contributed by atoms with Crippen molar-refractivity contribution in [1.29, 1.82) is 0 Å². The van der Waals surface area contributed by atoms with Crippen LogP contribution in [-0.2, 0) is 11.3 Å². The Balaban J connectivity index is 1.80. The average Bonchev–Trinajstić information content (AvgIpc) is 2.99. The standard InChI is InChI=1S/C15H21N5O/c1-2-6-18-14(21)5-8-17-10-13-11-19-20-15(13)12-4-3-7-16-9-12/h3-4,7,9,11,17H,2,5-6,8,10H2,1H3,(H,18,21)(H,19,20). The number of aromatic amines is 1. The van der Waals surface area contributed by atoms with Crippen molar-refractivity contribution in [3.8, 4) is 11.3 Å². The van der Waals surface area contributed by atoms with Gasteiger partial charge >= 0.3 is 0 Å². The summed E-state index contributed by atoms with van der Waals surface area (Å²) in [4.78, 5) is 15.6. The molecule has 2 rings (SSSR count). The van der Waals surface area contributed by atoms with Crippen molar-refractivity contribution < 1.29 is 4.79 Å². The Bertz CT molecular complexity index is 552. The first-order chi connectivity index (χ1) is 10.3. The lowest BCUT2D eigenvalue weighted by Gasteiger charge is -2.06. The van der Waals surface area contributed by atoms with Gasteiger partial charge in [-0.05, 0) is 18.6 Å². The lowest BCUT2D eigenvalue weighted by atomic mass is 10.1. The van der Waals surface area contributed by atoms with Crippen molar-refractivity contribution in [3.05, 3.63) is 36.3 Å². The average molecular weight is 287 g/mol. The number of aromatic nitrogens is 3. The van der Waals surface area contributed by atoms with Gasteiger partial charge in [0.25, 0.3) is 0 Å². The van der Waals surface area contributed by atoms with Crippen LogP contribution in [0.5, 0.6) is 0 Å². The fourth-order valence-electron chi connectivity index (χ4n) is 1.98. The second kappa shape index (κ2) is 8.16. The number of amides is 1. The zero-order valence-corrected chi connectivity index (χ0v) is 12.2. The van der Waals surface area contributed by atoms with Gasteiger partial charge in [0.05, 0.1) is 11.9 Å². The topological polar surface area (TPSA) is 82.7 Å². The van der Waals surface area contributed by atoms with Crippen LogP contribution in [0.1, 0.15) is 25.3 Å². The van der Waals surface area contributed by atoms with Gasteiger partial charge in [-0.1, -0.05) is 6.92 Å². The number of hydrogen-bond acceptors (Lipinski definition) is 4. The molecule has 0 fully saturated rings. The van der Waals surface area contributed by atoms with Gasteiger partial charge in [-0.3, -0.25) is 14.9 Å². The Kier molecular flexibility index (Phi) is 5.90. The van der Waals surface area contributed by atoms with E-state index in [2.05, 4.69) is 25.8 Å². The van der Waals surface area contributed by atoms with E-state index < -0.39 is 0 Å². The van der Waals surface area contributed by atoms with Crippen LogP contribution in [0.4, 0.5) is 0 Å². The van der Waals surface area contributed by atoms with Crippen molar-refractivity contribution in [2.45, 2.75) is 26.3 Å². The first-order valence-electron chi connectivity index (χ1n) is 7.21. The summed E-state index contributed by atoms with van der Waals surface area (Å²) in [5.74, 6) is 0.0871. The molecule has 21 heavy (non-hydrogen) atoms. The fraction of sp³-hybridized carbons (Fsp3) is 0.400. The van der Waals surface area contributed by atoms with Crippen molar-refractivity contribution in [1.82, 2.24) is 25.8 Å². The molecule has 0 atom stereocenters. The third-order valence-corrected chi connectivity index (χ3v) is 3.08. The molecule has 0 saturated heterocycles. The number of nitrogens with zero attached hydrogens (tertiary/aromatic N) is 2. The molecule has 112 valence electrons. The summed E-state index contributed by atoms with van der Waals surface area (Å²) in [5.41, 5.74) is 3.04. The molecule has 0 spiro atoms. The molecule has 0 aromatic carbocycles. The van der Waals surface area contributed by atoms with Gasteiger partial charge < -0.3 is 10.6 Å². The molecule has 0 aliphatic rings. The third-order valence-electron chi connectivity index (χ3n) is 3.08. The normalized spacial score (nSPS) is 10.5. The second-order valence-corrected chi connectivity index (χ2v) is 4.79. The lowest BCUT2D eigenvalue weighted by Crippen LogP contribution is -2.28. The van der Waals surface area contributed by atoms with Gasteiger partial charge in [-0.2, -0.15) is 5.10 Å². The maximum absolute atomic E-state index is 11.5. The van der Waals surface area contributed by atoms with Crippen LogP contribution in [0.2, 0.25) is 0 Å². The summed E-state index contributed by atoms with van der Waals surface area (Å²) >= 11 is 0. The van der Waals surface area contributed by atoms with E-state index in [1.807, 2.05) is 19.1 Å². The lowest BCUT2D eigenvalue weighted by molar-refractivity contribution is -0.120. The molecule has 0 aliphatic heterocycles. The highest BCUT2D eigenvalue weighted by Gasteiger charge is 2.07. The first kappa shape index (κ1) is 15.2. The van der Waals surface area contributed by atoms with Crippen LogP contribution in [0, 0.1) is 0 Å². The van der Waals surface area contributed by atoms with Gasteiger partial charge in [-0.25, -0.2) is 0 Å². The zero-order chi connectivity index (χ0) is 14.9. The number of carbonyl (C=O) groups is 1. The third kappa shape index (κ3) is 4.68. The largest absolute Gasteiger partial charge is 0.356 e. The number of carbonyl (C=O) groups excluding carboxylic acids is 1. The van der Waals surface area contributed by atoms with E-state index in [4.69, 9.17) is 0 Å². The van der Waals surface area contributed by atoms with E-state index in [0.717, 1.165) is 29.8 Å². The van der Waals surface area contributed by atoms with E-state index in [1.165, 1.54) is 0 Å². The van der Waals surface area contributed by atoms with E-state index in [-0.39, 0.29) is 5.91 Å². The number of rotatable bonds is 8. The van der Waals surface area contributed by atoms with Gasteiger partial charge in [0, 0.05) is 49.6 Å². The summed E-state index contributed by atoms with van der Waals surface area (Å²) < 4.78 is 0. The minimum atomic E-state index is 0.0871. The van der Waals surface area contributed by atoms with Crippen molar-refractivity contribution in [2.24, 2.45) is 0 Å². The van der Waals surface area contributed by atoms with Crippen LogP contribution in [0.3, 0.4) is 0 Å². The second-order valence-electron chi connectivity index (χ2n) is 4.79. The van der Waals surface area contributed by atoms with Gasteiger partial charge in [0.2, 0.25) is 5.91 Å². The molecular formula is C15H21N5O. The molecule has 6 nitrogen and oxygen atoms in total. The SMILES string of the molecule is CCCNC(=O)CCNCc1cn[nH]c1-c1cccnc1. The number of nitrogens with one attached hydrogen (secondary N) is 3. The minimum absolute atomic E-state index is 0.0871. The van der Waals surface area contributed by atoms with Crippen LogP contribution < -0.4 is 10.6 Å².